The molecule has 0 unspecified atom stereocenters. The van der Waals surface area contributed by atoms with Crippen LogP contribution in [0.4, 0.5) is 0 Å². The molecule has 0 aliphatic heterocycles. The van der Waals surface area contributed by atoms with E-state index >= 15 is 0 Å². The van der Waals surface area contributed by atoms with Crippen molar-refractivity contribution in [2.45, 2.75) is 12.8 Å². The Labute approximate surface area is 79.0 Å². The quantitative estimate of drug-likeness (QED) is 0.684. The molecule has 0 heterocycles. The molecule has 0 radical (unpaired) electrons. The number of rotatable bonds is 3. The maximum Gasteiger partial charge on any atom is 0.0502 e. The average Bonchev–Trinajstić information content (AvgIpc) is 2.58. The van der Waals surface area contributed by atoms with Gasteiger partial charge in [0.05, 0.1) is 6.61 Å². The molecule has 0 atom stereocenters. The molecule has 1 aliphatic carbocycles. The van der Waals surface area contributed by atoms with Crippen LogP contribution in [0.3, 0.4) is 0 Å². The standard InChI is InChI=1S/C12H14O/c1-13-9-8-11-7-6-10-4-2-3-5-12(10)11/h2-5,7H,6,8-9H2,1H3. The summed E-state index contributed by atoms with van der Waals surface area (Å²) in [6.07, 6.45) is 4.44. The van der Waals surface area contributed by atoms with Gasteiger partial charge < -0.3 is 4.74 Å². The lowest BCUT2D eigenvalue weighted by atomic mass is 10.0. The van der Waals surface area contributed by atoms with Crippen LogP contribution in [0.5, 0.6) is 0 Å². The van der Waals surface area contributed by atoms with E-state index in [4.69, 9.17) is 4.74 Å². The number of hydrogen-bond acceptors (Lipinski definition) is 1. The van der Waals surface area contributed by atoms with Crippen LogP contribution in [0.1, 0.15) is 17.5 Å². The van der Waals surface area contributed by atoms with Gasteiger partial charge in [-0.25, -0.2) is 0 Å². The summed E-state index contributed by atoms with van der Waals surface area (Å²) in [4.78, 5) is 0. The summed E-state index contributed by atoms with van der Waals surface area (Å²) in [5.74, 6) is 0. The van der Waals surface area contributed by atoms with E-state index in [2.05, 4.69) is 30.3 Å². The Hall–Kier alpha value is -1.08. The zero-order chi connectivity index (χ0) is 9.10. The zero-order valence-electron chi connectivity index (χ0n) is 7.92. The highest BCUT2D eigenvalue weighted by atomic mass is 16.5. The molecule has 0 saturated heterocycles. The van der Waals surface area contributed by atoms with Crippen LogP contribution in [0.15, 0.2) is 30.3 Å². The summed E-state index contributed by atoms with van der Waals surface area (Å²) in [5, 5.41) is 0. The van der Waals surface area contributed by atoms with Crippen molar-refractivity contribution in [3.63, 3.8) is 0 Å². The number of benzene rings is 1. The van der Waals surface area contributed by atoms with E-state index in [9.17, 15) is 0 Å². The minimum absolute atomic E-state index is 0.820. The number of methoxy groups -OCH3 is 1. The van der Waals surface area contributed by atoms with E-state index in [-0.39, 0.29) is 0 Å². The van der Waals surface area contributed by atoms with E-state index < -0.39 is 0 Å². The fourth-order valence-corrected chi connectivity index (χ4v) is 1.80. The van der Waals surface area contributed by atoms with Gasteiger partial charge in [0, 0.05) is 7.11 Å². The van der Waals surface area contributed by atoms with E-state index in [1.165, 1.54) is 16.7 Å². The van der Waals surface area contributed by atoms with Gasteiger partial charge in [0.25, 0.3) is 0 Å². The fraction of sp³-hybridized carbons (Fsp3) is 0.333. The second-order valence-corrected chi connectivity index (χ2v) is 3.33. The third kappa shape index (κ3) is 1.65. The van der Waals surface area contributed by atoms with Crippen molar-refractivity contribution < 1.29 is 4.74 Å². The predicted molar refractivity (Wildman–Crippen MR) is 54.6 cm³/mol. The summed E-state index contributed by atoms with van der Waals surface area (Å²) < 4.78 is 5.08. The molecule has 1 heteroatoms. The highest BCUT2D eigenvalue weighted by Gasteiger charge is 2.11. The Bertz CT molecular complexity index is 326. The van der Waals surface area contributed by atoms with E-state index in [1.807, 2.05) is 0 Å². The van der Waals surface area contributed by atoms with Gasteiger partial charge >= 0.3 is 0 Å². The summed E-state index contributed by atoms with van der Waals surface area (Å²) >= 11 is 0. The molecule has 68 valence electrons. The fourth-order valence-electron chi connectivity index (χ4n) is 1.80. The van der Waals surface area contributed by atoms with Crippen LogP contribution in [0, 0.1) is 0 Å². The maximum absolute atomic E-state index is 5.08. The van der Waals surface area contributed by atoms with Crippen molar-refractivity contribution in [3.8, 4) is 0 Å². The van der Waals surface area contributed by atoms with Gasteiger partial charge in [-0.3, -0.25) is 0 Å². The Morgan fingerprint density at radius 3 is 3.00 bits per heavy atom. The van der Waals surface area contributed by atoms with Gasteiger partial charge in [0.15, 0.2) is 0 Å². The Balaban J connectivity index is 2.16. The minimum Gasteiger partial charge on any atom is -0.384 e. The SMILES string of the molecule is COCCC1=CCc2ccccc21. The topological polar surface area (TPSA) is 9.23 Å². The molecule has 0 bridgehead atoms. The van der Waals surface area contributed by atoms with Crippen LogP contribution in [-0.2, 0) is 11.2 Å². The lowest BCUT2D eigenvalue weighted by Crippen LogP contribution is -1.90. The normalized spacial score (nSPS) is 14.1. The second-order valence-electron chi connectivity index (χ2n) is 3.33. The molecule has 2 rings (SSSR count). The van der Waals surface area contributed by atoms with Crippen LogP contribution in [-0.4, -0.2) is 13.7 Å². The summed E-state index contributed by atoms with van der Waals surface area (Å²) in [5.41, 5.74) is 4.31. The van der Waals surface area contributed by atoms with E-state index in [0.29, 0.717) is 0 Å². The Morgan fingerprint density at radius 1 is 1.31 bits per heavy atom. The van der Waals surface area contributed by atoms with Crippen molar-refractivity contribution >= 4 is 5.57 Å². The maximum atomic E-state index is 5.08. The first-order valence-electron chi connectivity index (χ1n) is 4.68. The Kier molecular flexibility index (Phi) is 2.46. The molecule has 1 aliphatic rings. The molecular formula is C12H14O. The van der Waals surface area contributed by atoms with E-state index in [1.54, 1.807) is 7.11 Å². The van der Waals surface area contributed by atoms with Gasteiger partial charge in [-0.05, 0) is 29.5 Å². The molecule has 0 fully saturated rings. The number of fused-ring (bicyclic) bond motifs is 1. The molecular weight excluding hydrogens is 160 g/mol. The van der Waals surface area contributed by atoms with Crippen molar-refractivity contribution in [1.82, 2.24) is 0 Å². The summed E-state index contributed by atoms with van der Waals surface area (Å²) in [7, 11) is 1.75. The van der Waals surface area contributed by atoms with Gasteiger partial charge in [-0.2, -0.15) is 0 Å². The molecule has 0 aromatic heterocycles. The van der Waals surface area contributed by atoms with Crippen molar-refractivity contribution in [3.05, 3.63) is 41.5 Å². The first kappa shape index (κ1) is 8.52. The van der Waals surface area contributed by atoms with Gasteiger partial charge in [0.1, 0.15) is 0 Å². The smallest absolute Gasteiger partial charge is 0.0502 e. The minimum atomic E-state index is 0.820. The van der Waals surface area contributed by atoms with Gasteiger partial charge in [-0.1, -0.05) is 30.3 Å². The molecule has 0 spiro atoms. The predicted octanol–water partition coefficient (Wildman–Crippen LogP) is 2.66. The van der Waals surface area contributed by atoms with Crippen molar-refractivity contribution in [1.29, 1.82) is 0 Å². The number of allylic oxidation sites excluding steroid dienone is 1. The van der Waals surface area contributed by atoms with Crippen molar-refractivity contribution in [2.24, 2.45) is 0 Å². The molecule has 0 saturated carbocycles. The molecule has 0 amide bonds. The van der Waals surface area contributed by atoms with Crippen LogP contribution < -0.4 is 0 Å². The van der Waals surface area contributed by atoms with Crippen molar-refractivity contribution in [2.75, 3.05) is 13.7 Å². The average molecular weight is 174 g/mol. The van der Waals surface area contributed by atoms with Gasteiger partial charge in [0.2, 0.25) is 0 Å². The number of ether oxygens (including phenoxy) is 1. The van der Waals surface area contributed by atoms with E-state index in [0.717, 1.165) is 19.4 Å². The molecule has 1 nitrogen and oxygen atoms in total. The number of hydrogen-bond donors (Lipinski definition) is 0. The molecule has 1 aromatic carbocycles. The third-order valence-corrected chi connectivity index (χ3v) is 2.51. The second kappa shape index (κ2) is 3.75. The molecule has 1 aromatic rings. The largest absolute Gasteiger partial charge is 0.384 e. The molecule has 0 N–H and O–H groups in total. The van der Waals surface area contributed by atoms with Crippen LogP contribution >= 0.6 is 0 Å². The summed E-state index contributed by atoms with van der Waals surface area (Å²) in [6, 6.07) is 8.60. The lowest BCUT2D eigenvalue weighted by Gasteiger charge is -2.04. The highest BCUT2D eigenvalue weighted by Crippen LogP contribution is 2.29. The Morgan fingerprint density at radius 2 is 2.15 bits per heavy atom. The third-order valence-electron chi connectivity index (χ3n) is 2.51. The first-order chi connectivity index (χ1) is 6.42. The summed E-state index contributed by atoms with van der Waals surface area (Å²) in [6.45, 7) is 0.820. The monoisotopic (exact) mass is 174 g/mol. The van der Waals surface area contributed by atoms with Crippen LogP contribution in [0.2, 0.25) is 0 Å². The first-order valence-corrected chi connectivity index (χ1v) is 4.68. The highest BCUT2D eigenvalue weighted by molar-refractivity contribution is 5.72. The van der Waals surface area contributed by atoms with Crippen LogP contribution in [0.25, 0.3) is 5.57 Å². The lowest BCUT2D eigenvalue weighted by molar-refractivity contribution is 0.206. The molecule has 13 heavy (non-hydrogen) atoms. The van der Waals surface area contributed by atoms with Gasteiger partial charge in [-0.15, -0.1) is 0 Å². The zero-order valence-corrected chi connectivity index (χ0v) is 7.92.